The number of hydrogen-bond donors (Lipinski definition) is 0. The molecule has 2 rings (SSSR count). The van der Waals surface area contributed by atoms with Gasteiger partial charge in [0.05, 0.1) is 11.5 Å². The van der Waals surface area contributed by atoms with Crippen LogP contribution in [-0.4, -0.2) is 28.3 Å². The number of sulfone groups is 2. The molecule has 7 heteroatoms. The fourth-order valence-electron chi connectivity index (χ4n) is 1.82. The van der Waals surface area contributed by atoms with Gasteiger partial charge in [-0.05, 0) is 17.7 Å². The van der Waals surface area contributed by atoms with Gasteiger partial charge in [0, 0.05) is 10.4 Å². The molecule has 0 radical (unpaired) electrons. The van der Waals surface area contributed by atoms with Crippen molar-refractivity contribution < 1.29 is 16.8 Å². The highest BCUT2D eigenvalue weighted by molar-refractivity contribution is 7.97. The molecule has 1 aromatic rings. The third kappa shape index (κ3) is 2.93. The van der Waals surface area contributed by atoms with Crippen molar-refractivity contribution in [1.82, 2.24) is 0 Å². The van der Waals surface area contributed by atoms with E-state index in [4.69, 9.17) is 11.6 Å². The zero-order chi connectivity index (χ0) is 13.4. The highest BCUT2D eigenvalue weighted by atomic mass is 35.5. The molecule has 0 saturated carbocycles. The maximum atomic E-state index is 12.0. The second-order valence-corrected chi connectivity index (χ2v) is 8.67. The van der Waals surface area contributed by atoms with E-state index in [0.29, 0.717) is 10.6 Å². The fraction of sp³-hybridized carbons (Fsp3) is 0.273. The highest BCUT2D eigenvalue weighted by Crippen LogP contribution is 2.29. The molecule has 0 fully saturated rings. The van der Waals surface area contributed by atoms with E-state index in [-0.39, 0.29) is 5.75 Å². The number of hydrogen-bond acceptors (Lipinski definition) is 4. The monoisotopic (exact) mass is 306 g/mol. The van der Waals surface area contributed by atoms with Crippen LogP contribution in [0, 0.1) is 0 Å². The molecule has 0 N–H and O–H groups in total. The van der Waals surface area contributed by atoms with Crippen LogP contribution in [-0.2, 0) is 19.7 Å². The van der Waals surface area contributed by atoms with E-state index in [9.17, 15) is 16.8 Å². The van der Waals surface area contributed by atoms with Crippen LogP contribution < -0.4 is 0 Å². The van der Waals surface area contributed by atoms with Gasteiger partial charge in [0.1, 0.15) is 5.25 Å². The van der Waals surface area contributed by atoms with Crippen molar-refractivity contribution in [2.75, 3.05) is 11.5 Å². The number of benzene rings is 1. The van der Waals surface area contributed by atoms with Gasteiger partial charge in [-0.15, -0.1) is 0 Å². The van der Waals surface area contributed by atoms with Gasteiger partial charge in [-0.1, -0.05) is 29.8 Å². The summed E-state index contributed by atoms with van der Waals surface area (Å²) in [7, 11) is -7.03. The van der Waals surface area contributed by atoms with Crippen LogP contribution in [0.5, 0.6) is 0 Å². The molecule has 1 unspecified atom stereocenters. The Bertz CT molecular complexity index is 690. The molecule has 0 spiro atoms. The minimum atomic E-state index is -3.53. The fourth-order valence-corrected chi connectivity index (χ4v) is 5.81. The summed E-state index contributed by atoms with van der Waals surface area (Å²) in [5.41, 5.74) is 0.412. The summed E-state index contributed by atoms with van der Waals surface area (Å²) in [5.74, 6) is -0.713. The smallest absolute Gasteiger partial charge is 0.172 e. The van der Waals surface area contributed by atoms with Crippen molar-refractivity contribution in [2.24, 2.45) is 0 Å². The van der Waals surface area contributed by atoms with Crippen molar-refractivity contribution in [3.63, 3.8) is 0 Å². The minimum Gasteiger partial charge on any atom is -0.228 e. The third-order valence-corrected chi connectivity index (χ3v) is 6.48. The minimum absolute atomic E-state index is 0.274. The van der Waals surface area contributed by atoms with Gasteiger partial charge >= 0.3 is 0 Å². The predicted octanol–water partition coefficient (Wildman–Crippen LogP) is 1.74. The molecule has 0 saturated heterocycles. The van der Waals surface area contributed by atoms with Crippen LogP contribution in [0.1, 0.15) is 10.8 Å². The van der Waals surface area contributed by atoms with Gasteiger partial charge in [0.25, 0.3) is 0 Å². The molecule has 0 amide bonds. The quantitative estimate of drug-likeness (QED) is 0.792. The summed E-state index contributed by atoms with van der Waals surface area (Å²) in [4.78, 5) is 0. The van der Waals surface area contributed by atoms with Gasteiger partial charge in [-0.3, -0.25) is 0 Å². The third-order valence-electron chi connectivity index (χ3n) is 2.67. The first kappa shape index (κ1) is 13.6. The molecule has 0 bridgehead atoms. The van der Waals surface area contributed by atoms with Crippen LogP contribution in [0.2, 0.25) is 5.02 Å². The first-order valence-corrected chi connectivity index (χ1v) is 8.97. The summed E-state index contributed by atoms with van der Waals surface area (Å²) in [6, 6.07) is 6.29. The van der Waals surface area contributed by atoms with E-state index in [1.54, 1.807) is 18.2 Å². The van der Waals surface area contributed by atoms with Gasteiger partial charge in [0.2, 0.25) is 0 Å². The molecule has 0 aliphatic carbocycles. The van der Waals surface area contributed by atoms with Gasteiger partial charge < -0.3 is 0 Å². The Kier molecular flexibility index (Phi) is 3.53. The predicted molar refractivity (Wildman–Crippen MR) is 70.9 cm³/mol. The van der Waals surface area contributed by atoms with Crippen LogP contribution in [0.15, 0.2) is 35.7 Å². The molecular weight excluding hydrogens is 296 g/mol. The first-order valence-electron chi connectivity index (χ1n) is 5.16. The first-order chi connectivity index (χ1) is 8.30. The van der Waals surface area contributed by atoms with E-state index in [0.717, 1.165) is 5.41 Å². The molecule has 1 heterocycles. The van der Waals surface area contributed by atoms with Gasteiger partial charge in [-0.25, -0.2) is 16.8 Å². The SMILES string of the molecule is O=S1(=O)C=CCS(=O)(=O)C(c2cccc(Cl)c2)C1. The van der Waals surface area contributed by atoms with Crippen LogP contribution in [0.3, 0.4) is 0 Å². The molecule has 1 aromatic carbocycles. The molecule has 1 atom stereocenters. The van der Waals surface area contributed by atoms with E-state index in [1.807, 2.05) is 0 Å². The summed E-state index contributed by atoms with van der Waals surface area (Å²) >= 11 is 5.81. The lowest BCUT2D eigenvalue weighted by Gasteiger charge is -2.14. The molecule has 1 aliphatic heterocycles. The molecule has 4 nitrogen and oxygen atoms in total. The van der Waals surface area contributed by atoms with E-state index in [1.165, 1.54) is 12.1 Å². The normalized spacial score (nSPS) is 25.5. The lowest BCUT2D eigenvalue weighted by molar-refractivity contribution is 0.582. The van der Waals surface area contributed by atoms with Crippen molar-refractivity contribution >= 4 is 31.3 Å². The lowest BCUT2D eigenvalue weighted by atomic mass is 10.2. The maximum absolute atomic E-state index is 12.0. The van der Waals surface area contributed by atoms with Crippen LogP contribution in [0.25, 0.3) is 0 Å². The summed E-state index contributed by atoms with van der Waals surface area (Å²) in [5, 5.41) is 0.295. The van der Waals surface area contributed by atoms with E-state index in [2.05, 4.69) is 0 Å². The Morgan fingerprint density at radius 1 is 1.17 bits per heavy atom. The topological polar surface area (TPSA) is 68.3 Å². The highest BCUT2D eigenvalue weighted by Gasteiger charge is 2.32. The molecule has 98 valence electrons. The second kappa shape index (κ2) is 4.68. The zero-order valence-electron chi connectivity index (χ0n) is 9.28. The lowest BCUT2D eigenvalue weighted by Crippen LogP contribution is -2.21. The Morgan fingerprint density at radius 3 is 2.56 bits per heavy atom. The summed E-state index contributed by atoms with van der Waals surface area (Å²) in [6.07, 6.45) is 1.18. The molecule has 18 heavy (non-hydrogen) atoms. The van der Waals surface area contributed by atoms with Crippen LogP contribution >= 0.6 is 11.6 Å². The van der Waals surface area contributed by atoms with Gasteiger partial charge in [0.15, 0.2) is 19.7 Å². The summed E-state index contributed by atoms with van der Waals surface area (Å²) in [6.45, 7) is 0. The van der Waals surface area contributed by atoms with E-state index < -0.39 is 30.7 Å². The van der Waals surface area contributed by atoms with Gasteiger partial charge in [-0.2, -0.15) is 0 Å². The Hall–Kier alpha value is -0.850. The number of rotatable bonds is 1. The molecule has 0 aromatic heterocycles. The standard InChI is InChI=1S/C11H11ClO4S2/c12-10-4-1-3-9(7-10)11-8-17(13,14)5-2-6-18(11,15)16/h1-5,7,11H,6,8H2. The average Bonchev–Trinajstić information content (AvgIpc) is 2.35. The molecular formula is C11H11ClO4S2. The van der Waals surface area contributed by atoms with Crippen LogP contribution in [0.4, 0.5) is 0 Å². The largest absolute Gasteiger partial charge is 0.228 e. The molecule has 1 aliphatic rings. The second-order valence-electron chi connectivity index (χ2n) is 4.07. The summed E-state index contributed by atoms with van der Waals surface area (Å²) < 4.78 is 47.4. The Balaban J connectivity index is 2.53. The average molecular weight is 307 g/mol. The Morgan fingerprint density at radius 2 is 1.89 bits per heavy atom. The van der Waals surface area contributed by atoms with Crippen molar-refractivity contribution in [2.45, 2.75) is 5.25 Å². The zero-order valence-corrected chi connectivity index (χ0v) is 11.7. The van der Waals surface area contributed by atoms with E-state index >= 15 is 0 Å². The van der Waals surface area contributed by atoms with Crippen molar-refractivity contribution in [3.05, 3.63) is 46.3 Å². The van der Waals surface area contributed by atoms with Crippen molar-refractivity contribution in [3.8, 4) is 0 Å². The maximum Gasteiger partial charge on any atom is 0.172 e. The Labute approximate surface area is 111 Å². The number of halogens is 1. The van der Waals surface area contributed by atoms with Crippen molar-refractivity contribution in [1.29, 1.82) is 0 Å².